The molecule has 3 rings (SSSR count). The van der Waals surface area contributed by atoms with Gasteiger partial charge in [-0.3, -0.25) is 4.79 Å². The molecule has 0 bridgehead atoms. The van der Waals surface area contributed by atoms with Crippen molar-refractivity contribution in [3.8, 4) is 0 Å². The number of nitrogens with one attached hydrogen (secondary N) is 1. The fraction of sp³-hybridized carbons (Fsp3) is 0.947. The van der Waals surface area contributed by atoms with Crippen molar-refractivity contribution in [2.45, 2.75) is 77.0 Å². The fourth-order valence-electron chi connectivity index (χ4n) is 5.07. The Morgan fingerprint density at radius 3 is 2.23 bits per heavy atom. The van der Waals surface area contributed by atoms with Gasteiger partial charge in [0.1, 0.15) is 0 Å². The summed E-state index contributed by atoms with van der Waals surface area (Å²) in [5.41, 5.74) is 0.416. The van der Waals surface area contributed by atoms with Crippen LogP contribution in [0.3, 0.4) is 0 Å². The van der Waals surface area contributed by atoms with Crippen molar-refractivity contribution in [2.75, 3.05) is 19.8 Å². The van der Waals surface area contributed by atoms with Gasteiger partial charge in [0, 0.05) is 25.7 Å². The molecule has 2 aliphatic carbocycles. The second-order valence-corrected chi connectivity index (χ2v) is 7.86. The van der Waals surface area contributed by atoms with Crippen LogP contribution in [-0.4, -0.2) is 25.7 Å². The smallest absolute Gasteiger partial charge is 0.223 e. The van der Waals surface area contributed by atoms with E-state index in [-0.39, 0.29) is 5.92 Å². The number of rotatable bonds is 4. The maximum Gasteiger partial charge on any atom is 0.223 e. The Labute approximate surface area is 135 Å². The van der Waals surface area contributed by atoms with Crippen molar-refractivity contribution in [1.29, 1.82) is 0 Å². The molecule has 1 amide bonds. The Hall–Kier alpha value is -0.570. The lowest BCUT2D eigenvalue weighted by atomic mass is 9.61. The lowest BCUT2D eigenvalue weighted by Gasteiger charge is -2.46. The third-order valence-corrected chi connectivity index (χ3v) is 6.53. The Morgan fingerprint density at radius 2 is 1.55 bits per heavy atom. The van der Waals surface area contributed by atoms with Gasteiger partial charge in [-0.15, -0.1) is 0 Å². The van der Waals surface area contributed by atoms with Gasteiger partial charge in [0.05, 0.1) is 0 Å². The molecule has 0 atom stereocenters. The number of amides is 1. The van der Waals surface area contributed by atoms with Crippen LogP contribution in [0.4, 0.5) is 0 Å². The van der Waals surface area contributed by atoms with Crippen molar-refractivity contribution < 1.29 is 9.53 Å². The van der Waals surface area contributed by atoms with Crippen LogP contribution in [0.2, 0.25) is 0 Å². The Kier molecular flexibility index (Phi) is 5.78. The van der Waals surface area contributed by atoms with Crippen LogP contribution in [0, 0.1) is 17.3 Å². The molecule has 0 radical (unpaired) electrons. The number of ether oxygens (including phenoxy) is 1. The normalized spacial score (nSPS) is 27.5. The predicted molar refractivity (Wildman–Crippen MR) is 88.6 cm³/mol. The van der Waals surface area contributed by atoms with Gasteiger partial charge in [-0.25, -0.2) is 0 Å². The summed E-state index contributed by atoms with van der Waals surface area (Å²) in [7, 11) is 0. The van der Waals surface area contributed by atoms with Crippen LogP contribution in [-0.2, 0) is 9.53 Å². The number of hydrogen-bond acceptors (Lipinski definition) is 2. The van der Waals surface area contributed by atoms with Gasteiger partial charge in [0.2, 0.25) is 5.91 Å². The molecule has 1 aliphatic heterocycles. The molecule has 0 unspecified atom stereocenters. The third-order valence-electron chi connectivity index (χ3n) is 6.53. The van der Waals surface area contributed by atoms with Gasteiger partial charge in [0.25, 0.3) is 0 Å². The quantitative estimate of drug-likeness (QED) is 0.850. The minimum Gasteiger partial charge on any atom is -0.381 e. The van der Waals surface area contributed by atoms with E-state index < -0.39 is 0 Å². The average molecular weight is 307 g/mol. The second kappa shape index (κ2) is 7.81. The number of carbonyl (C=O) groups excluding carboxylic acids is 1. The van der Waals surface area contributed by atoms with Crippen LogP contribution >= 0.6 is 0 Å². The maximum atomic E-state index is 12.5. The van der Waals surface area contributed by atoms with E-state index >= 15 is 0 Å². The summed E-state index contributed by atoms with van der Waals surface area (Å²) in [6.07, 6.45) is 15.6. The van der Waals surface area contributed by atoms with Crippen molar-refractivity contribution in [2.24, 2.45) is 17.3 Å². The fourth-order valence-corrected chi connectivity index (χ4v) is 5.07. The molecule has 1 heterocycles. The summed E-state index contributed by atoms with van der Waals surface area (Å²) < 4.78 is 5.38. The zero-order valence-corrected chi connectivity index (χ0v) is 14.1. The van der Waals surface area contributed by atoms with E-state index in [1.54, 1.807) is 0 Å². The van der Waals surface area contributed by atoms with Crippen molar-refractivity contribution in [1.82, 2.24) is 5.32 Å². The van der Waals surface area contributed by atoms with E-state index in [9.17, 15) is 4.79 Å². The molecule has 0 spiro atoms. The molecule has 0 aromatic heterocycles. The lowest BCUT2D eigenvalue weighted by molar-refractivity contribution is -0.128. The second-order valence-electron chi connectivity index (χ2n) is 7.86. The summed E-state index contributed by atoms with van der Waals surface area (Å²) in [6.45, 7) is 2.45. The van der Waals surface area contributed by atoms with E-state index in [1.807, 2.05) is 0 Å². The summed E-state index contributed by atoms with van der Waals surface area (Å²) in [4.78, 5) is 12.5. The molecule has 0 aromatic carbocycles. The van der Waals surface area contributed by atoms with E-state index in [2.05, 4.69) is 5.32 Å². The van der Waals surface area contributed by atoms with Gasteiger partial charge in [-0.05, 0) is 49.9 Å². The molecule has 0 aromatic rings. The Morgan fingerprint density at radius 1 is 0.909 bits per heavy atom. The first-order valence-corrected chi connectivity index (χ1v) is 9.66. The summed E-state index contributed by atoms with van der Waals surface area (Å²) in [5.74, 6) is 1.35. The van der Waals surface area contributed by atoms with Crippen LogP contribution in [0.1, 0.15) is 77.0 Å². The monoisotopic (exact) mass is 307 g/mol. The van der Waals surface area contributed by atoms with Crippen LogP contribution in [0.25, 0.3) is 0 Å². The molecule has 3 fully saturated rings. The lowest BCUT2D eigenvalue weighted by Crippen LogP contribution is -2.46. The van der Waals surface area contributed by atoms with Crippen LogP contribution < -0.4 is 5.32 Å². The molecule has 3 aliphatic rings. The van der Waals surface area contributed by atoms with E-state index in [1.165, 1.54) is 64.2 Å². The van der Waals surface area contributed by atoms with Gasteiger partial charge >= 0.3 is 0 Å². The molecule has 2 saturated carbocycles. The summed E-state index contributed by atoms with van der Waals surface area (Å²) >= 11 is 0. The highest BCUT2D eigenvalue weighted by atomic mass is 16.5. The topological polar surface area (TPSA) is 38.3 Å². The summed E-state index contributed by atoms with van der Waals surface area (Å²) in [5, 5.41) is 3.37. The van der Waals surface area contributed by atoms with Crippen molar-refractivity contribution >= 4 is 5.91 Å². The zero-order chi connectivity index (χ0) is 15.3. The highest BCUT2D eigenvalue weighted by molar-refractivity contribution is 5.78. The first-order valence-electron chi connectivity index (χ1n) is 9.66. The molecular formula is C19H33NO2. The van der Waals surface area contributed by atoms with Gasteiger partial charge in [0.15, 0.2) is 0 Å². The minimum atomic E-state index is 0.195. The molecule has 22 heavy (non-hydrogen) atoms. The third kappa shape index (κ3) is 3.84. The first kappa shape index (κ1) is 16.3. The number of hydrogen-bond donors (Lipinski definition) is 1. The predicted octanol–water partition coefficient (Wildman–Crippen LogP) is 4.06. The molecule has 1 N–H and O–H groups in total. The van der Waals surface area contributed by atoms with Crippen LogP contribution in [0.5, 0.6) is 0 Å². The van der Waals surface area contributed by atoms with E-state index in [0.29, 0.717) is 11.3 Å². The van der Waals surface area contributed by atoms with Crippen LogP contribution in [0.15, 0.2) is 0 Å². The average Bonchev–Trinajstić information content (AvgIpc) is 2.62. The standard InChI is InChI=1S/C19H33NO2/c21-18(16-9-13-22-14-10-16)20-15-19(11-5-2-6-12-19)17-7-3-1-4-8-17/h16-17H,1-15H2,(H,20,21). The molecule has 1 saturated heterocycles. The van der Waals surface area contributed by atoms with Gasteiger partial charge < -0.3 is 10.1 Å². The van der Waals surface area contributed by atoms with Gasteiger partial charge in [-0.1, -0.05) is 38.5 Å². The van der Waals surface area contributed by atoms with Crippen molar-refractivity contribution in [3.05, 3.63) is 0 Å². The van der Waals surface area contributed by atoms with E-state index in [0.717, 1.165) is 38.5 Å². The Balaban J connectivity index is 1.58. The highest BCUT2D eigenvalue weighted by Gasteiger charge is 2.40. The maximum absolute atomic E-state index is 12.5. The highest BCUT2D eigenvalue weighted by Crippen LogP contribution is 2.47. The largest absolute Gasteiger partial charge is 0.381 e. The van der Waals surface area contributed by atoms with E-state index in [4.69, 9.17) is 4.74 Å². The number of carbonyl (C=O) groups is 1. The SMILES string of the molecule is O=C(NCC1(C2CCCCC2)CCCCC1)C1CCOCC1. The molecule has 3 heteroatoms. The van der Waals surface area contributed by atoms with Gasteiger partial charge in [-0.2, -0.15) is 0 Å². The molecule has 126 valence electrons. The minimum absolute atomic E-state index is 0.195. The summed E-state index contributed by atoms with van der Waals surface area (Å²) in [6, 6.07) is 0. The Bertz CT molecular complexity index is 350. The molecular weight excluding hydrogens is 274 g/mol. The molecule has 3 nitrogen and oxygen atoms in total. The zero-order valence-electron chi connectivity index (χ0n) is 14.1. The van der Waals surface area contributed by atoms with Crippen molar-refractivity contribution in [3.63, 3.8) is 0 Å². The first-order chi connectivity index (χ1) is 10.8.